The molecule has 2 N–H and O–H groups in total. The molecular formula is C12H11N3O2. The minimum atomic E-state index is -0.410. The highest BCUT2D eigenvalue weighted by Gasteiger charge is 2.09. The van der Waals surface area contributed by atoms with Crippen LogP contribution in [0.15, 0.2) is 36.9 Å². The molecule has 2 rings (SSSR count). The van der Waals surface area contributed by atoms with Crippen molar-refractivity contribution in [3.63, 3.8) is 0 Å². The number of methoxy groups -OCH3 is 1. The predicted octanol–water partition coefficient (Wildman–Crippen LogP) is 1.51. The van der Waals surface area contributed by atoms with Crippen molar-refractivity contribution in [3.05, 3.63) is 42.5 Å². The largest absolute Gasteiger partial charge is 0.465 e. The number of rotatable bonds is 2. The third-order valence-electron chi connectivity index (χ3n) is 2.34. The maximum Gasteiger partial charge on any atom is 0.337 e. The lowest BCUT2D eigenvalue weighted by atomic mass is 10.0. The van der Waals surface area contributed by atoms with Gasteiger partial charge in [0.25, 0.3) is 0 Å². The minimum Gasteiger partial charge on any atom is -0.465 e. The van der Waals surface area contributed by atoms with Crippen molar-refractivity contribution in [1.29, 1.82) is 0 Å². The fraction of sp³-hybridized carbons (Fsp3) is 0.0833. The molecular weight excluding hydrogens is 218 g/mol. The third-order valence-corrected chi connectivity index (χ3v) is 2.34. The van der Waals surface area contributed by atoms with Crippen LogP contribution in [0.3, 0.4) is 0 Å². The van der Waals surface area contributed by atoms with Gasteiger partial charge in [0.1, 0.15) is 6.33 Å². The van der Waals surface area contributed by atoms with Crippen LogP contribution in [0.1, 0.15) is 10.4 Å². The second-order valence-electron chi connectivity index (χ2n) is 3.42. The first-order chi connectivity index (χ1) is 8.22. The van der Waals surface area contributed by atoms with Crippen molar-refractivity contribution in [2.24, 2.45) is 0 Å². The Morgan fingerprint density at radius 1 is 1.29 bits per heavy atom. The lowest BCUT2D eigenvalue weighted by Crippen LogP contribution is -2.02. The van der Waals surface area contributed by atoms with Gasteiger partial charge in [-0.05, 0) is 12.1 Å². The normalized spacial score (nSPS) is 9.94. The van der Waals surface area contributed by atoms with E-state index in [0.29, 0.717) is 11.3 Å². The average molecular weight is 229 g/mol. The molecule has 1 heterocycles. The van der Waals surface area contributed by atoms with E-state index in [4.69, 9.17) is 5.73 Å². The second kappa shape index (κ2) is 4.61. The molecule has 0 fully saturated rings. The summed E-state index contributed by atoms with van der Waals surface area (Å²) >= 11 is 0. The molecule has 0 radical (unpaired) electrons. The number of benzene rings is 1. The molecule has 86 valence electrons. The summed E-state index contributed by atoms with van der Waals surface area (Å²) in [6, 6.07) is 4.99. The van der Waals surface area contributed by atoms with E-state index in [1.165, 1.54) is 13.4 Å². The number of aromatic nitrogens is 2. The van der Waals surface area contributed by atoms with Gasteiger partial charge in [-0.15, -0.1) is 0 Å². The van der Waals surface area contributed by atoms with Gasteiger partial charge in [-0.3, -0.25) is 0 Å². The summed E-state index contributed by atoms with van der Waals surface area (Å²) in [4.78, 5) is 19.1. The van der Waals surface area contributed by atoms with Gasteiger partial charge in [-0.25, -0.2) is 14.8 Å². The average Bonchev–Trinajstić information content (AvgIpc) is 2.38. The highest BCUT2D eigenvalue weighted by Crippen LogP contribution is 2.25. The van der Waals surface area contributed by atoms with Gasteiger partial charge in [-0.2, -0.15) is 0 Å². The molecule has 17 heavy (non-hydrogen) atoms. The lowest BCUT2D eigenvalue weighted by Gasteiger charge is -2.06. The number of carbonyl (C=O) groups is 1. The van der Waals surface area contributed by atoms with Crippen LogP contribution >= 0.6 is 0 Å². The van der Waals surface area contributed by atoms with Gasteiger partial charge in [0.2, 0.25) is 0 Å². The molecule has 0 spiro atoms. The Hall–Kier alpha value is -2.43. The summed E-state index contributed by atoms with van der Waals surface area (Å²) in [5.41, 5.74) is 8.39. The summed E-state index contributed by atoms with van der Waals surface area (Å²) in [6.45, 7) is 0. The van der Waals surface area contributed by atoms with Crippen LogP contribution in [0.5, 0.6) is 0 Å². The number of anilines is 1. The molecule has 0 bridgehead atoms. The first-order valence-electron chi connectivity index (χ1n) is 4.95. The summed E-state index contributed by atoms with van der Waals surface area (Å²) in [7, 11) is 1.33. The zero-order chi connectivity index (χ0) is 12.3. The number of ether oxygens (including phenoxy) is 1. The number of nitrogens with two attached hydrogens (primary N) is 1. The van der Waals surface area contributed by atoms with E-state index in [0.717, 1.165) is 11.1 Å². The molecule has 5 nitrogen and oxygen atoms in total. The van der Waals surface area contributed by atoms with E-state index < -0.39 is 5.97 Å². The highest BCUT2D eigenvalue weighted by atomic mass is 16.5. The van der Waals surface area contributed by atoms with Crippen LogP contribution in [0.4, 0.5) is 5.69 Å². The van der Waals surface area contributed by atoms with E-state index in [2.05, 4.69) is 14.7 Å². The van der Waals surface area contributed by atoms with Gasteiger partial charge < -0.3 is 10.5 Å². The Bertz CT molecular complexity index is 541. The Labute approximate surface area is 98.3 Å². The maximum absolute atomic E-state index is 11.3. The summed E-state index contributed by atoms with van der Waals surface area (Å²) < 4.78 is 4.62. The van der Waals surface area contributed by atoms with Crippen molar-refractivity contribution in [2.45, 2.75) is 0 Å². The molecule has 1 aromatic heterocycles. The van der Waals surface area contributed by atoms with Gasteiger partial charge in [0, 0.05) is 29.2 Å². The number of hydrogen-bond acceptors (Lipinski definition) is 5. The number of carbonyl (C=O) groups excluding carboxylic acids is 1. The quantitative estimate of drug-likeness (QED) is 0.623. The number of hydrogen-bond donors (Lipinski definition) is 1. The topological polar surface area (TPSA) is 78.1 Å². The van der Waals surface area contributed by atoms with Crippen molar-refractivity contribution >= 4 is 11.7 Å². The second-order valence-corrected chi connectivity index (χ2v) is 3.42. The number of nitrogen functional groups attached to an aromatic ring is 1. The molecule has 2 aromatic rings. The first-order valence-corrected chi connectivity index (χ1v) is 4.95. The molecule has 0 atom stereocenters. The molecule has 0 unspecified atom stereocenters. The maximum atomic E-state index is 11.3. The molecule has 0 saturated heterocycles. The van der Waals surface area contributed by atoms with E-state index in [1.54, 1.807) is 30.6 Å². The number of esters is 1. The van der Waals surface area contributed by atoms with Gasteiger partial charge in [0.05, 0.1) is 12.7 Å². The van der Waals surface area contributed by atoms with Gasteiger partial charge in [-0.1, -0.05) is 6.07 Å². The molecule has 0 aliphatic rings. The standard InChI is InChI=1S/C12H11N3O2/c1-17-12(16)8-2-3-10(11(13)4-8)9-5-14-7-15-6-9/h2-7H,13H2,1H3. The van der Waals surface area contributed by atoms with E-state index in [1.807, 2.05) is 0 Å². The third kappa shape index (κ3) is 2.23. The van der Waals surface area contributed by atoms with Crippen LogP contribution in [0.25, 0.3) is 11.1 Å². The first kappa shape index (κ1) is 11.1. The summed E-state index contributed by atoms with van der Waals surface area (Å²) in [5.74, 6) is -0.410. The van der Waals surface area contributed by atoms with Crippen LogP contribution in [0.2, 0.25) is 0 Å². The Morgan fingerprint density at radius 3 is 2.59 bits per heavy atom. The fourth-order valence-corrected chi connectivity index (χ4v) is 1.51. The molecule has 0 aliphatic carbocycles. The van der Waals surface area contributed by atoms with E-state index >= 15 is 0 Å². The lowest BCUT2D eigenvalue weighted by molar-refractivity contribution is 0.0601. The van der Waals surface area contributed by atoms with Gasteiger partial charge in [0.15, 0.2) is 0 Å². The van der Waals surface area contributed by atoms with Crippen molar-refractivity contribution in [3.8, 4) is 11.1 Å². The molecule has 5 heteroatoms. The van der Waals surface area contributed by atoms with Crippen LogP contribution in [0, 0.1) is 0 Å². The van der Waals surface area contributed by atoms with Crippen LogP contribution in [-0.2, 0) is 4.74 Å². The minimum absolute atomic E-state index is 0.410. The summed E-state index contributed by atoms with van der Waals surface area (Å²) in [5, 5.41) is 0. The Balaban J connectivity index is 2.42. The molecule has 0 aliphatic heterocycles. The molecule has 0 amide bonds. The van der Waals surface area contributed by atoms with Crippen molar-refractivity contribution < 1.29 is 9.53 Å². The Kier molecular flexibility index (Phi) is 3.00. The van der Waals surface area contributed by atoms with E-state index in [-0.39, 0.29) is 0 Å². The fourth-order valence-electron chi connectivity index (χ4n) is 1.51. The zero-order valence-electron chi connectivity index (χ0n) is 9.25. The predicted molar refractivity (Wildman–Crippen MR) is 63.2 cm³/mol. The van der Waals surface area contributed by atoms with Crippen LogP contribution in [-0.4, -0.2) is 23.0 Å². The highest BCUT2D eigenvalue weighted by molar-refractivity contribution is 5.92. The smallest absolute Gasteiger partial charge is 0.337 e. The molecule has 0 saturated carbocycles. The van der Waals surface area contributed by atoms with E-state index in [9.17, 15) is 4.79 Å². The zero-order valence-corrected chi connectivity index (χ0v) is 9.25. The van der Waals surface area contributed by atoms with Crippen LogP contribution < -0.4 is 5.73 Å². The Morgan fingerprint density at radius 2 is 2.00 bits per heavy atom. The van der Waals surface area contributed by atoms with Crippen molar-refractivity contribution in [2.75, 3.05) is 12.8 Å². The summed E-state index contributed by atoms with van der Waals surface area (Å²) in [6.07, 6.45) is 4.77. The monoisotopic (exact) mass is 229 g/mol. The molecule has 1 aromatic carbocycles. The SMILES string of the molecule is COC(=O)c1ccc(-c2cncnc2)c(N)c1. The van der Waals surface area contributed by atoms with Crippen molar-refractivity contribution in [1.82, 2.24) is 9.97 Å². The van der Waals surface area contributed by atoms with Gasteiger partial charge >= 0.3 is 5.97 Å². The number of nitrogens with zero attached hydrogens (tertiary/aromatic N) is 2.